The molecule has 1 saturated heterocycles. The number of methoxy groups -OCH3 is 1. The summed E-state index contributed by atoms with van der Waals surface area (Å²) < 4.78 is 47.5. The van der Waals surface area contributed by atoms with E-state index in [1.165, 1.54) is 34.9 Å². The molecule has 1 unspecified atom stereocenters. The molecule has 222 valence electrons. The number of aromatic nitrogens is 1. The van der Waals surface area contributed by atoms with Crippen molar-refractivity contribution >= 4 is 50.7 Å². The minimum atomic E-state index is -3.60. The second-order valence-electron chi connectivity index (χ2n) is 10.7. The van der Waals surface area contributed by atoms with Gasteiger partial charge in [0.05, 0.1) is 29.9 Å². The predicted molar refractivity (Wildman–Crippen MR) is 152 cm³/mol. The molecule has 0 spiro atoms. The highest BCUT2D eigenvalue weighted by Crippen LogP contribution is 2.40. The van der Waals surface area contributed by atoms with Gasteiger partial charge in [-0.3, -0.25) is 9.79 Å². The molecule has 4 aliphatic rings. The first-order chi connectivity index (χ1) is 19.6. The van der Waals surface area contributed by atoms with Crippen LogP contribution in [0, 0.1) is 17.8 Å². The molecule has 2 fully saturated rings. The van der Waals surface area contributed by atoms with Gasteiger partial charge in [-0.2, -0.15) is 0 Å². The van der Waals surface area contributed by atoms with Crippen LogP contribution in [0.15, 0.2) is 50.9 Å². The van der Waals surface area contributed by atoms with Gasteiger partial charge in [0.1, 0.15) is 5.83 Å². The Morgan fingerprint density at radius 2 is 1.90 bits per heavy atom. The zero-order valence-electron chi connectivity index (χ0n) is 22.5. The van der Waals surface area contributed by atoms with E-state index >= 15 is 0 Å². The number of ether oxygens (including phenoxy) is 1. The summed E-state index contributed by atoms with van der Waals surface area (Å²) in [4.78, 5) is 33.7. The maximum absolute atomic E-state index is 13.9. The fourth-order valence-electron chi connectivity index (χ4n) is 6.14. The predicted octanol–water partition coefficient (Wildman–Crippen LogP) is 3.97. The van der Waals surface area contributed by atoms with Crippen molar-refractivity contribution in [1.82, 2.24) is 14.6 Å². The number of allylic oxidation sites excluding steroid dienone is 4. The number of nitrogens with zero attached hydrogens (tertiary/aromatic N) is 3. The number of carbonyl (C=O) groups is 2. The molecule has 3 heterocycles. The molecule has 0 radical (unpaired) electrons. The lowest BCUT2D eigenvalue weighted by Crippen LogP contribution is -2.47. The van der Waals surface area contributed by atoms with Gasteiger partial charge in [0.25, 0.3) is 0 Å². The molecule has 14 heteroatoms. The Kier molecular flexibility index (Phi) is 8.98. The highest BCUT2D eigenvalue weighted by Gasteiger charge is 2.43. The summed E-state index contributed by atoms with van der Waals surface area (Å²) in [5.41, 5.74) is 0.897. The van der Waals surface area contributed by atoms with Crippen molar-refractivity contribution in [3.8, 4) is 0 Å². The molecule has 1 aromatic heterocycles. The van der Waals surface area contributed by atoms with Gasteiger partial charge in [0.15, 0.2) is 10.8 Å². The topological polar surface area (TPSA) is 138 Å². The van der Waals surface area contributed by atoms with E-state index in [0.29, 0.717) is 60.6 Å². The van der Waals surface area contributed by atoms with Crippen LogP contribution < -0.4 is 5.32 Å². The number of aliphatic imine (C=N–C) groups is 1. The van der Waals surface area contributed by atoms with E-state index in [2.05, 4.69) is 10.3 Å². The van der Waals surface area contributed by atoms with E-state index in [1.54, 1.807) is 6.20 Å². The number of thiazole rings is 1. The van der Waals surface area contributed by atoms with Gasteiger partial charge in [-0.05, 0) is 57.1 Å². The molecule has 2 aliphatic carbocycles. The molecular weight excluding hydrogens is 595 g/mol. The van der Waals surface area contributed by atoms with E-state index in [4.69, 9.17) is 21.3 Å². The van der Waals surface area contributed by atoms with E-state index < -0.39 is 50.9 Å². The Morgan fingerprint density at radius 3 is 2.49 bits per heavy atom. The number of hydrogen-bond acceptors (Lipinski definition) is 9. The monoisotopic (exact) mass is 626 g/mol. The third-order valence-electron chi connectivity index (χ3n) is 8.39. The number of halogens is 2. The molecular formula is C27H32ClFN4O6S2. The Morgan fingerprint density at radius 1 is 1.20 bits per heavy atom. The van der Waals surface area contributed by atoms with Gasteiger partial charge in [0, 0.05) is 47.2 Å². The van der Waals surface area contributed by atoms with Crippen molar-refractivity contribution in [3.63, 3.8) is 0 Å². The molecule has 0 aromatic carbocycles. The van der Waals surface area contributed by atoms with E-state index in [-0.39, 0.29) is 30.5 Å². The standard InChI is InChI=1S/C27H32ClFN4O6S2/c1-39-27(36)21-22(15-8-11-33(12-9-15)41(37,38)18-5-2-16(3-6-18)26(34)35)31-24(25-30-10-13-40-25)32-23(21)19-7-4-17(29)14-20(19)28/h4,10,13-16,18-19,23H,2-3,5-9,11-12H2,1H3,(H,31,32)(H,34,35)/t16?,18?,19?,23-/m1/s1. The van der Waals surface area contributed by atoms with Crippen molar-refractivity contribution in [2.75, 3.05) is 20.2 Å². The maximum Gasteiger partial charge on any atom is 0.337 e. The average molecular weight is 627 g/mol. The summed E-state index contributed by atoms with van der Waals surface area (Å²) in [6, 6.07) is -0.753. The molecule has 0 amide bonds. The van der Waals surface area contributed by atoms with Crippen molar-refractivity contribution in [3.05, 3.63) is 50.9 Å². The van der Waals surface area contributed by atoms with Gasteiger partial charge >= 0.3 is 11.9 Å². The number of carbonyl (C=O) groups excluding carboxylic acids is 1. The number of hydrogen-bond donors (Lipinski definition) is 2. The van der Waals surface area contributed by atoms with Gasteiger partial charge in [-0.25, -0.2) is 26.9 Å². The number of piperidine rings is 1. The normalized spacial score (nSPS) is 28.3. The minimum absolute atomic E-state index is 0.204. The van der Waals surface area contributed by atoms with E-state index in [1.807, 2.05) is 5.38 Å². The third kappa shape index (κ3) is 6.13. The van der Waals surface area contributed by atoms with Crippen LogP contribution >= 0.6 is 22.9 Å². The SMILES string of the molecule is COC(=O)C1=C(C2CCN(S(=O)(=O)C3CCC(C(=O)O)CC3)CC2)NC(c2nccs2)=N[C@@H]1C1CC=C(F)C=C1Cl. The van der Waals surface area contributed by atoms with Crippen LogP contribution in [-0.4, -0.2) is 72.1 Å². The molecule has 1 aromatic rings. The van der Waals surface area contributed by atoms with E-state index in [9.17, 15) is 27.5 Å². The summed E-state index contributed by atoms with van der Waals surface area (Å²) in [6.07, 6.45) is 6.82. The summed E-state index contributed by atoms with van der Waals surface area (Å²) >= 11 is 7.87. The van der Waals surface area contributed by atoms with Crippen LogP contribution in [0.3, 0.4) is 0 Å². The zero-order chi connectivity index (χ0) is 29.3. The lowest BCUT2D eigenvalue weighted by molar-refractivity contribution is -0.142. The number of carboxylic acid groups (broad SMARTS) is 1. The molecule has 10 nitrogen and oxygen atoms in total. The average Bonchev–Trinajstić information content (AvgIpc) is 3.51. The van der Waals surface area contributed by atoms with Crippen LogP contribution in [0.2, 0.25) is 0 Å². The Balaban J connectivity index is 1.40. The van der Waals surface area contributed by atoms with Gasteiger partial charge < -0.3 is 15.2 Å². The van der Waals surface area contributed by atoms with Gasteiger partial charge in [0.2, 0.25) is 10.0 Å². The minimum Gasteiger partial charge on any atom is -0.481 e. The maximum atomic E-state index is 13.9. The Hall–Kier alpha value is -2.61. The van der Waals surface area contributed by atoms with Gasteiger partial charge in [-0.1, -0.05) is 11.6 Å². The van der Waals surface area contributed by atoms with Crippen molar-refractivity contribution < 1.29 is 32.2 Å². The number of carboxylic acids is 1. The molecule has 41 heavy (non-hydrogen) atoms. The Bertz CT molecular complexity index is 1410. The van der Waals surface area contributed by atoms with Crippen molar-refractivity contribution in [2.45, 2.75) is 56.2 Å². The van der Waals surface area contributed by atoms with Crippen molar-refractivity contribution in [2.24, 2.45) is 22.7 Å². The number of nitrogens with one attached hydrogen (secondary N) is 1. The smallest absolute Gasteiger partial charge is 0.337 e. The number of aliphatic carboxylic acids is 1. The van der Waals surface area contributed by atoms with Crippen LogP contribution in [0.4, 0.5) is 4.39 Å². The summed E-state index contributed by atoms with van der Waals surface area (Å²) in [7, 11) is -2.31. The molecule has 0 bridgehead atoms. The second-order valence-corrected chi connectivity index (χ2v) is 14.2. The van der Waals surface area contributed by atoms with Crippen LogP contribution in [0.25, 0.3) is 0 Å². The second kappa shape index (κ2) is 12.3. The molecule has 1 saturated carbocycles. The number of rotatable bonds is 7. The highest BCUT2D eigenvalue weighted by molar-refractivity contribution is 7.89. The third-order valence-corrected chi connectivity index (χ3v) is 12.0. The molecule has 2 aliphatic heterocycles. The number of amidine groups is 1. The summed E-state index contributed by atoms with van der Waals surface area (Å²) in [5.74, 6) is -2.61. The lowest BCUT2D eigenvalue weighted by Gasteiger charge is -2.39. The number of esters is 1. The molecule has 5 rings (SSSR count). The molecule has 2 atom stereocenters. The fraction of sp³-hybridized carbons (Fsp3) is 0.556. The zero-order valence-corrected chi connectivity index (χ0v) is 24.9. The van der Waals surface area contributed by atoms with Crippen LogP contribution in [0.1, 0.15) is 50.0 Å². The quantitative estimate of drug-likeness (QED) is 0.434. The van der Waals surface area contributed by atoms with Crippen LogP contribution in [-0.2, 0) is 24.3 Å². The first-order valence-electron chi connectivity index (χ1n) is 13.6. The lowest BCUT2D eigenvalue weighted by atomic mass is 9.82. The first kappa shape index (κ1) is 29.9. The van der Waals surface area contributed by atoms with Crippen molar-refractivity contribution in [1.29, 1.82) is 0 Å². The summed E-state index contributed by atoms with van der Waals surface area (Å²) in [5, 5.41) is 14.7. The van der Waals surface area contributed by atoms with Crippen LogP contribution in [0.5, 0.6) is 0 Å². The van der Waals surface area contributed by atoms with Gasteiger partial charge in [-0.15, -0.1) is 11.3 Å². The first-order valence-corrected chi connectivity index (χ1v) is 16.4. The fourth-order valence-corrected chi connectivity index (χ4v) is 9.05. The molecule has 2 N–H and O–H groups in total. The Labute approximate surface area is 247 Å². The highest BCUT2D eigenvalue weighted by atomic mass is 35.5. The summed E-state index contributed by atoms with van der Waals surface area (Å²) in [6.45, 7) is 0.524. The van der Waals surface area contributed by atoms with E-state index in [0.717, 1.165) is 0 Å². The number of sulfonamides is 1. The largest absolute Gasteiger partial charge is 0.481 e.